The lowest BCUT2D eigenvalue weighted by Gasteiger charge is -2.11. The molecule has 92 valence electrons. The number of nitrogens with one attached hydrogen (secondary N) is 1. The molecule has 2 aromatic rings. The lowest BCUT2D eigenvalue weighted by atomic mass is 10.2. The topological polar surface area (TPSA) is 72.0 Å². The number of nitrogen functional groups attached to an aromatic ring is 1. The Hall–Kier alpha value is -2.36. The third-order valence-electron chi connectivity index (χ3n) is 2.66. The number of benzene rings is 1. The molecule has 0 atom stereocenters. The number of aryl methyl sites for hydroxylation is 1. The van der Waals surface area contributed by atoms with Crippen LogP contribution in [0.4, 0.5) is 0 Å². The highest BCUT2D eigenvalue weighted by Crippen LogP contribution is 2.18. The van der Waals surface area contributed by atoms with E-state index in [-0.39, 0.29) is 5.84 Å². The molecular weight excluding hydrogens is 226 g/mol. The molecular formula is C14H15N3O. The highest BCUT2D eigenvalue weighted by Gasteiger charge is 2.06. The van der Waals surface area contributed by atoms with Crippen LogP contribution >= 0.6 is 0 Å². The summed E-state index contributed by atoms with van der Waals surface area (Å²) in [5, 5.41) is 7.48. The third kappa shape index (κ3) is 2.66. The summed E-state index contributed by atoms with van der Waals surface area (Å²) < 4.78 is 5.68. The van der Waals surface area contributed by atoms with Gasteiger partial charge in [-0.05, 0) is 30.7 Å². The van der Waals surface area contributed by atoms with E-state index in [2.05, 4.69) is 4.98 Å². The summed E-state index contributed by atoms with van der Waals surface area (Å²) in [5.41, 5.74) is 8.07. The number of hydrogen-bond acceptors (Lipinski definition) is 3. The second-order valence-electron chi connectivity index (χ2n) is 3.97. The first kappa shape index (κ1) is 12.1. The van der Waals surface area contributed by atoms with Crippen molar-refractivity contribution in [2.24, 2.45) is 5.73 Å². The molecule has 0 aliphatic heterocycles. The molecule has 0 radical (unpaired) electrons. The minimum Gasteiger partial charge on any atom is -0.487 e. The largest absolute Gasteiger partial charge is 0.487 e. The van der Waals surface area contributed by atoms with E-state index in [1.54, 1.807) is 18.3 Å². The van der Waals surface area contributed by atoms with Crippen LogP contribution in [0, 0.1) is 12.3 Å². The van der Waals surface area contributed by atoms with E-state index in [1.165, 1.54) is 0 Å². The molecule has 1 aromatic heterocycles. The molecule has 18 heavy (non-hydrogen) atoms. The van der Waals surface area contributed by atoms with Crippen molar-refractivity contribution in [3.05, 3.63) is 59.4 Å². The molecule has 2 rings (SSSR count). The van der Waals surface area contributed by atoms with Gasteiger partial charge in [0.25, 0.3) is 0 Å². The van der Waals surface area contributed by atoms with Crippen LogP contribution < -0.4 is 10.5 Å². The Bertz CT molecular complexity index is 566. The van der Waals surface area contributed by atoms with Crippen LogP contribution in [0.1, 0.15) is 16.8 Å². The van der Waals surface area contributed by atoms with Gasteiger partial charge in [0.1, 0.15) is 18.2 Å². The lowest BCUT2D eigenvalue weighted by molar-refractivity contribution is 0.300. The zero-order valence-corrected chi connectivity index (χ0v) is 10.2. The Morgan fingerprint density at radius 3 is 2.78 bits per heavy atom. The number of para-hydroxylation sites is 1. The SMILES string of the molecule is Cc1cccnc1COc1ccccc1C(=N)N. The Labute approximate surface area is 106 Å². The summed E-state index contributed by atoms with van der Waals surface area (Å²) in [5.74, 6) is 0.610. The quantitative estimate of drug-likeness (QED) is 0.637. The molecule has 1 heterocycles. The Morgan fingerprint density at radius 2 is 2.06 bits per heavy atom. The van der Waals surface area contributed by atoms with Gasteiger partial charge in [0.05, 0.1) is 11.3 Å². The van der Waals surface area contributed by atoms with Gasteiger partial charge in [-0.1, -0.05) is 18.2 Å². The van der Waals surface area contributed by atoms with Gasteiger partial charge in [-0.25, -0.2) is 0 Å². The first-order valence-corrected chi connectivity index (χ1v) is 5.65. The number of rotatable bonds is 4. The van der Waals surface area contributed by atoms with Crippen LogP contribution in [-0.2, 0) is 6.61 Å². The number of nitrogens with zero attached hydrogens (tertiary/aromatic N) is 1. The molecule has 0 unspecified atom stereocenters. The van der Waals surface area contributed by atoms with Crippen LogP contribution in [-0.4, -0.2) is 10.8 Å². The van der Waals surface area contributed by atoms with Crippen LogP contribution in [0.15, 0.2) is 42.6 Å². The second kappa shape index (κ2) is 5.31. The fraction of sp³-hybridized carbons (Fsp3) is 0.143. The average Bonchev–Trinajstić information content (AvgIpc) is 2.38. The molecule has 3 N–H and O–H groups in total. The van der Waals surface area contributed by atoms with Gasteiger partial charge in [-0.15, -0.1) is 0 Å². The predicted octanol–water partition coefficient (Wildman–Crippen LogP) is 2.25. The standard InChI is InChI=1S/C14H15N3O/c1-10-5-4-8-17-12(10)9-18-13-7-3-2-6-11(13)14(15)16/h2-8H,9H2,1H3,(H3,15,16). The van der Waals surface area contributed by atoms with Gasteiger partial charge in [0.15, 0.2) is 0 Å². The number of nitrogens with two attached hydrogens (primary N) is 1. The maximum Gasteiger partial charge on any atom is 0.130 e. The monoisotopic (exact) mass is 241 g/mol. The third-order valence-corrected chi connectivity index (χ3v) is 2.66. The van der Waals surface area contributed by atoms with E-state index in [9.17, 15) is 0 Å². The van der Waals surface area contributed by atoms with Gasteiger partial charge in [0, 0.05) is 6.20 Å². The van der Waals surface area contributed by atoms with Gasteiger partial charge in [-0.3, -0.25) is 10.4 Å². The molecule has 4 nitrogen and oxygen atoms in total. The summed E-state index contributed by atoms with van der Waals surface area (Å²) in [4.78, 5) is 4.26. The first-order chi connectivity index (χ1) is 8.68. The Balaban J connectivity index is 2.16. The summed E-state index contributed by atoms with van der Waals surface area (Å²) >= 11 is 0. The van der Waals surface area contributed by atoms with Crippen molar-refractivity contribution in [2.75, 3.05) is 0 Å². The maximum atomic E-state index is 7.48. The smallest absolute Gasteiger partial charge is 0.130 e. The Kier molecular flexibility index (Phi) is 3.57. The van der Waals surface area contributed by atoms with E-state index in [0.29, 0.717) is 17.9 Å². The molecule has 0 saturated carbocycles. The van der Waals surface area contributed by atoms with Crippen molar-refractivity contribution < 1.29 is 4.74 Å². The van der Waals surface area contributed by atoms with Crippen molar-refractivity contribution in [1.29, 1.82) is 5.41 Å². The van der Waals surface area contributed by atoms with Crippen molar-refractivity contribution >= 4 is 5.84 Å². The molecule has 0 bridgehead atoms. The second-order valence-corrected chi connectivity index (χ2v) is 3.97. The predicted molar refractivity (Wildman–Crippen MR) is 70.8 cm³/mol. The van der Waals surface area contributed by atoms with E-state index in [1.807, 2.05) is 31.2 Å². The van der Waals surface area contributed by atoms with Crippen molar-refractivity contribution in [3.8, 4) is 5.75 Å². The fourth-order valence-electron chi connectivity index (χ4n) is 1.63. The molecule has 0 amide bonds. The van der Waals surface area contributed by atoms with Crippen LogP contribution in [0.2, 0.25) is 0 Å². The summed E-state index contributed by atoms with van der Waals surface area (Å²) in [6.45, 7) is 2.36. The summed E-state index contributed by atoms with van der Waals surface area (Å²) in [6.07, 6.45) is 1.74. The minimum atomic E-state index is 0.00310. The molecule has 0 saturated heterocycles. The normalized spacial score (nSPS) is 10.1. The van der Waals surface area contributed by atoms with E-state index in [4.69, 9.17) is 15.9 Å². The number of ether oxygens (including phenoxy) is 1. The van der Waals surface area contributed by atoms with Crippen molar-refractivity contribution in [2.45, 2.75) is 13.5 Å². The van der Waals surface area contributed by atoms with Gasteiger partial charge < -0.3 is 10.5 Å². The number of aromatic nitrogens is 1. The van der Waals surface area contributed by atoms with Crippen LogP contribution in [0.5, 0.6) is 5.75 Å². The lowest BCUT2D eigenvalue weighted by Crippen LogP contribution is -2.13. The highest BCUT2D eigenvalue weighted by atomic mass is 16.5. The van der Waals surface area contributed by atoms with Gasteiger partial charge in [-0.2, -0.15) is 0 Å². The van der Waals surface area contributed by atoms with E-state index in [0.717, 1.165) is 11.3 Å². The van der Waals surface area contributed by atoms with E-state index < -0.39 is 0 Å². The highest BCUT2D eigenvalue weighted by molar-refractivity contribution is 5.97. The minimum absolute atomic E-state index is 0.00310. The van der Waals surface area contributed by atoms with Crippen LogP contribution in [0.25, 0.3) is 0 Å². The average molecular weight is 241 g/mol. The summed E-state index contributed by atoms with van der Waals surface area (Å²) in [6, 6.07) is 11.1. The van der Waals surface area contributed by atoms with Crippen molar-refractivity contribution in [1.82, 2.24) is 4.98 Å². The van der Waals surface area contributed by atoms with Gasteiger partial charge in [0.2, 0.25) is 0 Å². The zero-order chi connectivity index (χ0) is 13.0. The summed E-state index contributed by atoms with van der Waals surface area (Å²) in [7, 11) is 0. The van der Waals surface area contributed by atoms with Crippen LogP contribution in [0.3, 0.4) is 0 Å². The number of hydrogen-bond donors (Lipinski definition) is 2. The zero-order valence-electron chi connectivity index (χ0n) is 10.2. The number of pyridine rings is 1. The molecule has 0 aliphatic carbocycles. The molecule has 4 heteroatoms. The molecule has 0 spiro atoms. The number of amidine groups is 1. The fourth-order valence-corrected chi connectivity index (χ4v) is 1.63. The van der Waals surface area contributed by atoms with Crippen molar-refractivity contribution in [3.63, 3.8) is 0 Å². The Morgan fingerprint density at radius 1 is 1.28 bits per heavy atom. The van der Waals surface area contributed by atoms with Gasteiger partial charge >= 0.3 is 0 Å². The molecule has 0 fully saturated rings. The maximum absolute atomic E-state index is 7.48. The van der Waals surface area contributed by atoms with E-state index >= 15 is 0 Å². The molecule has 0 aliphatic rings. The molecule has 1 aromatic carbocycles. The first-order valence-electron chi connectivity index (χ1n) is 5.65.